The van der Waals surface area contributed by atoms with Gasteiger partial charge in [-0.25, -0.2) is 9.78 Å². The number of methoxy groups -OCH3 is 1. The lowest BCUT2D eigenvalue weighted by atomic mass is 9.83. The summed E-state index contributed by atoms with van der Waals surface area (Å²) in [5.41, 5.74) is 5.95. The van der Waals surface area contributed by atoms with Gasteiger partial charge in [-0.15, -0.1) is 0 Å². The van der Waals surface area contributed by atoms with E-state index in [-0.39, 0.29) is 12.1 Å². The first-order chi connectivity index (χ1) is 21.8. The SMILES string of the molecule is CCc1cc(COc2c(C)cccc2-c2cccc(N3CC[C@@](C)(C(=O)O)[C@H]3COC)n2)cc2c1CN(C(=O)OC(C)(C)C)CC2. The molecule has 0 aliphatic carbocycles. The molecule has 46 heavy (non-hydrogen) atoms. The Morgan fingerprint density at radius 1 is 1.11 bits per heavy atom. The second-order valence-electron chi connectivity index (χ2n) is 13.7. The lowest BCUT2D eigenvalue weighted by molar-refractivity contribution is -0.148. The molecule has 0 radical (unpaired) electrons. The zero-order chi connectivity index (χ0) is 33.2. The Labute approximate surface area is 272 Å². The molecule has 0 bridgehead atoms. The maximum absolute atomic E-state index is 12.8. The molecular weight excluding hydrogens is 582 g/mol. The minimum Gasteiger partial charge on any atom is -0.488 e. The van der Waals surface area contributed by atoms with E-state index in [0.29, 0.717) is 39.3 Å². The molecule has 3 heterocycles. The number of carbonyl (C=O) groups is 2. The molecule has 1 N–H and O–H groups in total. The summed E-state index contributed by atoms with van der Waals surface area (Å²) in [5, 5.41) is 10.0. The highest BCUT2D eigenvalue weighted by molar-refractivity contribution is 5.77. The van der Waals surface area contributed by atoms with Crippen molar-refractivity contribution in [1.29, 1.82) is 0 Å². The molecule has 2 aromatic carbocycles. The molecule has 0 saturated carbocycles. The number of aryl methyl sites for hydroxylation is 2. The highest BCUT2D eigenvalue weighted by Gasteiger charge is 2.50. The fourth-order valence-electron chi connectivity index (χ4n) is 6.61. The maximum atomic E-state index is 12.8. The van der Waals surface area contributed by atoms with Crippen LogP contribution in [-0.2, 0) is 40.3 Å². The monoisotopic (exact) mass is 629 g/mol. The maximum Gasteiger partial charge on any atom is 0.410 e. The van der Waals surface area contributed by atoms with E-state index in [1.807, 2.05) is 64.1 Å². The minimum absolute atomic E-state index is 0.271. The number of hydrogen-bond acceptors (Lipinski definition) is 7. The Morgan fingerprint density at radius 3 is 2.57 bits per heavy atom. The predicted octanol–water partition coefficient (Wildman–Crippen LogP) is 6.81. The summed E-state index contributed by atoms with van der Waals surface area (Å²) in [5.74, 6) is 0.667. The predicted molar refractivity (Wildman–Crippen MR) is 178 cm³/mol. The number of ether oxygens (including phenoxy) is 3. The Hall–Kier alpha value is -4.11. The number of fused-ring (bicyclic) bond motifs is 1. The van der Waals surface area contributed by atoms with Gasteiger partial charge in [-0.3, -0.25) is 4.79 Å². The van der Waals surface area contributed by atoms with Gasteiger partial charge in [0.25, 0.3) is 0 Å². The van der Waals surface area contributed by atoms with Crippen LogP contribution in [0.25, 0.3) is 11.3 Å². The highest BCUT2D eigenvalue weighted by Crippen LogP contribution is 2.41. The van der Waals surface area contributed by atoms with Crippen molar-refractivity contribution in [2.45, 2.75) is 85.6 Å². The van der Waals surface area contributed by atoms with Crippen molar-refractivity contribution in [1.82, 2.24) is 9.88 Å². The van der Waals surface area contributed by atoms with Gasteiger partial charge in [0.1, 0.15) is 23.8 Å². The minimum atomic E-state index is -0.925. The van der Waals surface area contributed by atoms with Crippen LogP contribution < -0.4 is 9.64 Å². The Morgan fingerprint density at radius 2 is 1.87 bits per heavy atom. The third kappa shape index (κ3) is 6.84. The summed E-state index contributed by atoms with van der Waals surface area (Å²) in [6, 6.07) is 16.0. The molecule has 1 amide bonds. The van der Waals surface area contributed by atoms with E-state index < -0.39 is 17.0 Å². The first kappa shape index (κ1) is 33.3. The number of anilines is 1. The van der Waals surface area contributed by atoms with Crippen LogP contribution in [0.3, 0.4) is 0 Å². The average Bonchev–Trinajstić information content (AvgIpc) is 3.36. The van der Waals surface area contributed by atoms with Gasteiger partial charge in [0, 0.05) is 32.3 Å². The van der Waals surface area contributed by atoms with Crippen LogP contribution in [0.4, 0.5) is 10.6 Å². The number of carboxylic acids is 1. The number of nitrogens with zero attached hydrogens (tertiary/aromatic N) is 3. The summed E-state index contributed by atoms with van der Waals surface area (Å²) in [6.07, 6.45) is 1.86. The number of carbonyl (C=O) groups excluding carboxylic acids is 1. The fourth-order valence-corrected chi connectivity index (χ4v) is 6.61. The molecule has 9 heteroatoms. The van der Waals surface area contributed by atoms with Gasteiger partial charge in [-0.05, 0) is 99.9 Å². The van der Waals surface area contributed by atoms with Gasteiger partial charge in [0.15, 0.2) is 0 Å². The van der Waals surface area contributed by atoms with Gasteiger partial charge >= 0.3 is 12.1 Å². The lowest BCUT2D eigenvalue weighted by Gasteiger charge is -2.32. The Balaban J connectivity index is 1.38. The summed E-state index contributed by atoms with van der Waals surface area (Å²) < 4.78 is 17.7. The molecule has 3 aromatic rings. The van der Waals surface area contributed by atoms with E-state index in [0.717, 1.165) is 46.8 Å². The van der Waals surface area contributed by atoms with E-state index in [2.05, 4.69) is 24.0 Å². The number of aromatic nitrogens is 1. The van der Waals surface area contributed by atoms with Gasteiger partial charge in [0.05, 0.1) is 23.8 Å². The molecule has 5 rings (SSSR count). The summed E-state index contributed by atoms with van der Waals surface area (Å²) >= 11 is 0. The third-order valence-electron chi connectivity index (χ3n) is 9.22. The van der Waals surface area contributed by atoms with Gasteiger partial charge in [-0.2, -0.15) is 0 Å². The molecule has 0 unspecified atom stereocenters. The molecular formula is C37H47N3O6. The first-order valence-corrected chi connectivity index (χ1v) is 16.1. The van der Waals surface area contributed by atoms with E-state index >= 15 is 0 Å². The second kappa shape index (κ2) is 13.3. The molecule has 246 valence electrons. The van der Waals surface area contributed by atoms with Crippen molar-refractivity contribution < 1.29 is 28.9 Å². The summed E-state index contributed by atoms with van der Waals surface area (Å²) in [4.78, 5) is 33.9. The molecule has 2 atom stereocenters. The van der Waals surface area contributed by atoms with Crippen LogP contribution in [0.2, 0.25) is 0 Å². The van der Waals surface area contributed by atoms with E-state index in [4.69, 9.17) is 19.2 Å². The second-order valence-corrected chi connectivity index (χ2v) is 13.7. The third-order valence-corrected chi connectivity index (χ3v) is 9.22. The van der Waals surface area contributed by atoms with E-state index in [9.17, 15) is 14.7 Å². The number of amides is 1. The van der Waals surface area contributed by atoms with Crippen LogP contribution >= 0.6 is 0 Å². The van der Waals surface area contributed by atoms with Crippen LogP contribution in [0.15, 0.2) is 48.5 Å². The highest BCUT2D eigenvalue weighted by atomic mass is 16.6. The summed E-state index contributed by atoms with van der Waals surface area (Å²) in [6.45, 7) is 14.1. The molecule has 1 fully saturated rings. The van der Waals surface area contributed by atoms with Crippen molar-refractivity contribution in [3.8, 4) is 17.0 Å². The molecule has 2 aliphatic heterocycles. The van der Waals surface area contributed by atoms with Gasteiger partial charge in [-0.1, -0.05) is 37.3 Å². The average molecular weight is 630 g/mol. The number of carboxylic acid groups (broad SMARTS) is 1. The van der Waals surface area contributed by atoms with Crippen LogP contribution in [0.5, 0.6) is 5.75 Å². The van der Waals surface area contributed by atoms with E-state index in [1.54, 1.807) is 18.9 Å². The molecule has 1 aromatic heterocycles. The van der Waals surface area contributed by atoms with E-state index in [1.165, 1.54) is 16.7 Å². The number of pyridine rings is 1. The van der Waals surface area contributed by atoms with Crippen molar-refractivity contribution in [3.05, 3.63) is 76.3 Å². The van der Waals surface area contributed by atoms with Crippen molar-refractivity contribution in [2.75, 3.05) is 31.7 Å². The van der Waals surface area contributed by atoms with Crippen molar-refractivity contribution in [3.63, 3.8) is 0 Å². The first-order valence-electron chi connectivity index (χ1n) is 16.1. The standard InChI is InChI=1S/C37H47N3O6/c1-8-26-19-25(20-27-15-17-39(21-29(26)27)35(43)46-36(3,4)5)22-45-33-24(2)11-9-12-28(33)30-13-10-14-32(38-30)40-18-16-37(6,34(41)42)31(40)23-44-7/h9-14,19-20,31H,8,15-18,21-23H2,1-7H3,(H,41,42)/t31-,37-/m1/s1. The number of hydrogen-bond donors (Lipinski definition) is 1. The Bertz CT molecular complexity index is 1580. The summed E-state index contributed by atoms with van der Waals surface area (Å²) in [7, 11) is 1.60. The largest absolute Gasteiger partial charge is 0.488 e. The van der Waals surface area contributed by atoms with Crippen molar-refractivity contribution >= 4 is 17.9 Å². The normalized spacial score (nSPS) is 19.6. The van der Waals surface area contributed by atoms with Crippen LogP contribution in [0, 0.1) is 12.3 Å². The zero-order valence-corrected chi connectivity index (χ0v) is 28.2. The van der Waals surface area contributed by atoms with Crippen molar-refractivity contribution in [2.24, 2.45) is 5.41 Å². The molecule has 2 aliphatic rings. The number of benzene rings is 2. The number of aliphatic carboxylic acids is 1. The Kier molecular flexibility index (Phi) is 9.63. The number of rotatable bonds is 9. The van der Waals surface area contributed by atoms with Crippen LogP contribution in [-0.4, -0.2) is 65.5 Å². The van der Waals surface area contributed by atoms with Gasteiger partial charge in [0.2, 0.25) is 0 Å². The topological polar surface area (TPSA) is 101 Å². The molecule has 9 nitrogen and oxygen atoms in total. The van der Waals surface area contributed by atoms with Crippen LogP contribution in [0.1, 0.15) is 68.9 Å². The number of para-hydroxylation sites is 1. The zero-order valence-electron chi connectivity index (χ0n) is 28.2. The fraction of sp³-hybridized carbons (Fsp3) is 0.486. The lowest BCUT2D eigenvalue weighted by Crippen LogP contribution is -2.46. The molecule has 0 spiro atoms. The quantitative estimate of drug-likeness (QED) is 0.276. The smallest absolute Gasteiger partial charge is 0.410 e. The van der Waals surface area contributed by atoms with Gasteiger partial charge < -0.3 is 29.1 Å². The molecule has 1 saturated heterocycles.